The molecule has 2 amide bonds. The molecule has 1 aromatic heterocycles. The first-order valence-electron chi connectivity index (χ1n) is 8.35. The number of H-pyrrole nitrogens is 1. The molecule has 2 aromatic rings. The van der Waals surface area contributed by atoms with E-state index in [0.29, 0.717) is 23.7 Å². The smallest absolute Gasteiger partial charge is 0.355 e. The highest BCUT2D eigenvalue weighted by Crippen LogP contribution is 2.17. The van der Waals surface area contributed by atoms with Crippen molar-refractivity contribution in [2.24, 2.45) is 5.73 Å². The van der Waals surface area contributed by atoms with Crippen molar-refractivity contribution in [3.8, 4) is 0 Å². The third kappa shape index (κ3) is 3.58. The van der Waals surface area contributed by atoms with Gasteiger partial charge in [0, 0.05) is 11.9 Å². The highest BCUT2D eigenvalue weighted by atomic mass is 16.5. The summed E-state index contributed by atoms with van der Waals surface area (Å²) in [6.45, 7) is -0.117. The summed E-state index contributed by atoms with van der Waals surface area (Å²) >= 11 is 0. The number of nitrogens with zero attached hydrogens (tertiary/aromatic N) is 1. The molecule has 8 heteroatoms. The van der Waals surface area contributed by atoms with Gasteiger partial charge in [0.05, 0.1) is 0 Å². The van der Waals surface area contributed by atoms with Gasteiger partial charge in [-0.15, -0.1) is 0 Å². The Bertz CT molecular complexity index is 920. The van der Waals surface area contributed by atoms with Gasteiger partial charge in [-0.3, -0.25) is 14.4 Å². The molecule has 1 aliphatic rings. The first kappa shape index (κ1) is 17.7. The second-order valence-corrected chi connectivity index (χ2v) is 6.18. The van der Waals surface area contributed by atoms with E-state index in [1.807, 2.05) is 0 Å². The standard InChI is InChI=1S/C18H19N3O5/c19-16(23)14-7-3-4-8-21(14)15(22)10-26-18(25)13-9-11-5-1-2-6-12(11)17(24)20-13/h1-2,5-6,9,14H,3-4,7-8,10H2,(H2,19,23)(H,20,24)/t14-/m1/s1. The van der Waals surface area contributed by atoms with Crippen molar-refractivity contribution in [3.05, 3.63) is 46.4 Å². The number of pyridine rings is 1. The maximum Gasteiger partial charge on any atom is 0.355 e. The number of ether oxygens (including phenoxy) is 1. The molecule has 0 aliphatic carbocycles. The Morgan fingerprint density at radius 1 is 1.23 bits per heavy atom. The zero-order valence-corrected chi connectivity index (χ0v) is 14.1. The van der Waals surface area contributed by atoms with E-state index >= 15 is 0 Å². The van der Waals surface area contributed by atoms with Gasteiger partial charge in [-0.1, -0.05) is 18.2 Å². The summed E-state index contributed by atoms with van der Waals surface area (Å²) in [5, 5.41) is 1.05. The number of aromatic amines is 1. The summed E-state index contributed by atoms with van der Waals surface area (Å²) in [7, 11) is 0. The molecule has 0 spiro atoms. The fourth-order valence-corrected chi connectivity index (χ4v) is 3.13. The SMILES string of the molecule is NC(=O)[C@H]1CCCCN1C(=O)COC(=O)c1cc2ccccc2c(=O)[nH]1. The second-order valence-electron chi connectivity index (χ2n) is 6.18. The fourth-order valence-electron chi connectivity index (χ4n) is 3.13. The maximum atomic E-state index is 12.3. The number of rotatable bonds is 4. The number of primary amides is 1. The molecule has 8 nitrogen and oxygen atoms in total. The van der Waals surface area contributed by atoms with Gasteiger partial charge >= 0.3 is 5.97 Å². The molecule has 136 valence electrons. The summed E-state index contributed by atoms with van der Waals surface area (Å²) in [6.07, 6.45) is 2.09. The van der Waals surface area contributed by atoms with Crippen LogP contribution in [0.4, 0.5) is 0 Å². The molecule has 1 fully saturated rings. The third-order valence-electron chi connectivity index (χ3n) is 4.45. The highest BCUT2D eigenvalue weighted by molar-refractivity contribution is 5.94. The van der Waals surface area contributed by atoms with Crippen molar-refractivity contribution in [2.75, 3.05) is 13.2 Å². The van der Waals surface area contributed by atoms with Gasteiger partial charge in [0.25, 0.3) is 11.5 Å². The summed E-state index contributed by atoms with van der Waals surface area (Å²) in [5.74, 6) is -1.86. The lowest BCUT2D eigenvalue weighted by atomic mass is 10.0. The molecule has 26 heavy (non-hydrogen) atoms. The van der Waals surface area contributed by atoms with E-state index < -0.39 is 36.0 Å². The van der Waals surface area contributed by atoms with E-state index in [4.69, 9.17) is 10.5 Å². The lowest BCUT2D eigenvalue weighted by Crippen LogP contribution is -2.51. The zero-order chi connectivity index (χ0) is 18.7. The van der Waals surface area contributed by atoms with E-state index in [1.165, 1.54) is 11.0 Å². The molecule has 0 radical (unpaired) electrons. The summed E-state index contributed by atoms with van der Waals surface area (Å²) in [4.78, 5) is 51.8. The zero-order valence-electron chi connectivity index (χ0n) is 14.1. The summed E-state index contributed by atoms with van der Waals surface area (Å²) < 4.78 is 5.02. The van der Waals surface area contributed by atoms with E-state index in [0.717, 1.165) is 12.8 Å². The van der Waals surface area contributed by atoms with Crippen molar-refractivity contribution in [3.63, 3.8) is 0 Å². The van der Waals surface area contributed by atoms with Crippen LogP contribution in [0.5, 0.6) is 0 Å². The predicted molar refractivity (Wildman–Crippen MR) is 93.4 cm³/mol. The van der Waals surface area contributed by atoms with Gasteiger partial charge < -0.3 is 20.4 Å². The van der Waals surface area contributed by atoms with Gasteiger partial charge in [-0.2, -0.15) is 0 Å². The average Bonchev–Trinajstić information content (AvgIpc) is 2.65. The Kier molecular flexibility index (Phi) is 5.01. The molecule has 1 atom stereocenters. The second kappa shape index (κ2) is 7.38. The molecular formula is C18H19N3O5. The van der Waals surface area contributed by atoms with Gasteiger partial charge in [-0.25, -0.2) is 4.79 Å². The minimum Gasteiger partial charge on any atom is -0.451 e. The third-order valence-corrected chi connectivity index (χ3v) is 4.45. The van der Waals surface area contributed by atoms with Gasteiger partial charge in [-0.05, 0) is 36.8 Å². The number of nitrogens with one attached hydrogen (secondary N) is 1. The molecule has 1 saturated heterocycles. The van der Waals surface area contributed by atoms with Crippen LogP contribution in [0.1, 0.15) is 29.8 Å². The maximum absolute atomic E-state index is 12.3. The minimum atomic E-state index is -0.811. The number of nitrogens with two attached hydrogens (primary N) is 1. The van der Waals surface area contributed by atoms with Crippen LogP contribution in [-0.2, 0) is 14.3 Å². The number of likely N-dealkylation sites (tertiary alicyclic amines) is 1. The number of esters is 1. The van der Waals surface area contributed by atoms with Crippen molar-refractivity contribution in [1.82, 2.24) is 9.88 Å². The molecule has 0 saturated carbocycles. The van der Waals surface area contributed by atoms with Crippen LogP contribution in [0.25, 0.3) is 10.8 Å². The Hall–Kier alpha value is -3.16. The molecule has 2 heterocycles. The van der Waals surface area contributed by atoms with E-state index in [1.54, 1.807) is 24.3 Å². The van der Waals surface area contributed by atoms with E-state index in [2.05, 4.69) is 4.98 Å². The minimum absolute atomic E-state index is 0.0356. The molecule has 0 bridgehead atoms. The van der Waals surface area contributed by atoms with E-state index in [-0.39, 0.29) is 5.69 Å². The monoisotopic (exact) mass is 357 g/mol. The molecule has 3 rings (SSSR count). The molecule has 1 aliphatic heterocycles. The van der Waals surface area contributed by atoms with Crippen LogP contribution < -0.4 is 11.3 Å². The predicted octanol–water partition coefficient (Wildman–Crippen LogP) is 0.551. The lowest BCUT2D eigenvalue weighted by molar-refractivity contribution is -0.143. The Balaban J connectivity index is 1.69. The van der Waals surface area contributed by atoms with Gasteiger partial charge in [0.15, 0.2) is 6.61 Å². The van der Waals surface area contributed by atoms with Crippen LogP contribution >= 0.6 is 0 Å². The lowest BCUT2D eigenvalue weighted by Gasteiger charge is -2.33. The quantitative estimate of drug-likeness (QED) is 0.774. The number of hydrogen-bond donors (Lipinski definition) is 2. The largest absolute Gasteiger partial charge is 0.451 e. The van der Waals surface area contributed by atoms with Crippen molar-refractivity contribution in [1.29, 1.82) is 0 Å². The number of carbonyl (C=O) groups excluding carboxylic acids is 3. The van der Waals surface area contributed by atoms with Gasteiger partial charge in [0.2, 0.25) is 5.91 Å². The van der Waals surface area contributed by atoms with Crippen molar-refractivity contribution >= 4 is 28.6 Å². The summed E-state index contributed by atoms with van der Waals surface area (Å²) in [6, 6.07) is 7.65. The molecule has 0 unspecified atom stereocenters. The number of piperidine rings is 1. The van der Waals surface area contributed by atoms with Crippen molar-refractivity contribution < 1.29 is 19.1 Å². The Labute approximate surface area is 148 Å². The Morgan fingerprint density at radius 3 is 2.77 bits per heavy atom. The van der Waals surface area contributed by atoms with Gasteiger partial charge in [0.1, 0.15) is 11.7 Å². The van der Waals surface area contributed by atoms with Crippen LogP contribution in [0.3, 0.4) is 0 Å². The Morgan fingerprint density at radius 2 is 2.00 bits per heavy atom. The van der Waals surface area contributed by atoms with Crippen LogP contribution in [0.2, 0.25) is 0 Å². The molecular weight excluding hydrogens is 338 g/mol. The number of hydrogen-bond acceptors (Lipinski definition) is 5. The number of aromatic nitrogens is 1. The number of benzene rings is 1. The van der Waals surface area contributed by atoms with Crippen LogP contribution in [-0.4, -0.2) is 46.9 Å². The number of carbonyl (C=O) groups is 3. The summed E-state index contributed by atoms with van der Waals surface area (Å²) in [5.41, 5.74) is 4.89. The normalized spacial score (nSPS) is 17.1. The molecule has 1 aromatic carbocycles. The van der Waals surface area contributed by atoms with Crippen molar-refractivity contribution in [2.45, 2.75) is 25.3 Å². The number of amides is 2. The first-order chi connectivity index (χ1) is 12.5. The fraction of sp³-hybridized carbons (Fsp3) is 0.333. The highest BCUT2D eigenvalue weighted by Gasteiger charge is 2.31. The average molecular weight is 357 g/mol. The van der Waals surface area contributed by atoms with Crippen LogP contribution in [0.15, 0.2) is 35.1 Å². The topological polar surface area (TPSA) is 123 Å². The first-order valence-corrected chi connectivity index (χ1v) is 8.35. The number of fused-ring (bicyclic) bond motifs is 1. The van der Waals surface area contributed by atoms with Crippen LogP contribution in [0, 0.1) is 0 Å². The molecule has 3 N–H and O–H groups in total. The van der Waals surface area contributed by atoms with E-state index in [9.17, 15) is 19.2 Å².